The Labute approximate surface area is 100 Å². The second-order valence-electron chi connectivity index (χ2n) is 3.91. The third-order valence-electron chi connectivity index (χ3n) is 2.46. The zero-order valence-electron chi connectivity index (χ0n) is 9.64. The van der Waals surface area contributed by atoms with Crippen LogP contribution in [0.25, 0.3) is 0 Å². The van der Waals surface area contributed by atoms with Crippen LogP contribution in [0.15, 0.2) is 36.4 Å². The quantitative estimate of drug-likeness (QED) is 0.558. The first-order chi connectivity index (χ1) is 8.15. The fourth-order valence-corrected chi connectivity index (χ4v) is 1.53. The molecule has 0 bridgehead atoms. The molecule has 0 radical (unpaired) electrons. The number of pyridine rings is 1. The van der Waals surface area contributed by atoms with E-state index in [4.69, 9.17) is 5.73 Å². The molecule has 17 heavy (non-hydrogen) atoms. The third kappa shape index (κ3) is 2.87. The molecule has 1 aromatic heterocycles. The molecular weight excluding hydrogens is 214 g/mol. The van der Waals surface area contributed by atoms with Gasteiger partial charge < -0.3 is 16.2 Å². The Hall–Kier alpha value is -2.23. The monoisotopic (exact) mass is 229 g/mol. The molecule has 4 N–H and O–H groups in total. The minimum atomic E-state index is 0.113. The number of benzene rings is 1. The summed E-state index contributed by atoms with van der Waals surface area (Å²) in [5, 5.41) is 12.7. The first-order valence-corrected chi connectivity index (χ1v) is 5.40. The fraction of sp³-hybridized carbons (Fsp3) is 0.154. The molecule has 88 valence electrons. The smallest absolute Gasteiger partial charge is 0.138 e. The summed E-state index contributed by atoms with van der Waals surface area (Å²) in [6.07, 6.45) is 0. The first kappa shape index (κ1) is 11.3. The van der Waals surface area contributed by atoms with Gasteiger partial charge in [-0.25, -0.2) is 4.98 Å². The van der Waals surface area contributed by atoms with E-state index in [1.54, 1.807) is 12.1 Å². The number of hydrogen-bond donors (Lipinski definition) is 3. The summed E-state index contributed by atoms with van der Waals surface area (Å²) in [5.41, 5.74) is 7.85. The third-order valence-corrected chi connectivity index (χ3v) is 2.46. The predicted octanol–water partition coefficient (Wildman–Crippen LogP) is 2.29. The van der Waals surface area contributed by atoms with E-state index in [0.29, 0.717) is 12.2 Å². The van der Waals surface area contributed by atoms with Crippen molar-refractivity contribution in [1.29, 1.82) is 0 Å². The van der Waals surface area contributed by atoms with Crippen molar-refractivity contribution in [3.05, 3.63) is 47.7 Å². The molecule has 0 aliphatic carbocycles. The number of aromatic hydroxyl groups is 1. The Bertz CT molecular complexity index is 526. The number of nitrogen functional groups attached to an aromatic ring is 1. The lowest BCUT2D eigenvalue weighted by atomic mass is 10.2. The van der Waals surface area contributed by atoms with E-state index in [1.807, 2.05) is 31.2 Å². The molecule has 0 atom stereocenters. The number of aromatic nitrogens is 1. The Balaban J connectivity index is 2.05. The highest BCUT2D eigenvalue weighted by Gasteiger charge is 1.99. The lowest BCUT2D eigenvalue weighted by Gasteiger charge is -2.07. The van der Waals surface area contributed by atoms with E-state index in [2.05, 4.69) is 10.3 Å². The maximum atomic E-state index is 9.47. The highest BCUT2D eigenvalue weighted by atomic mass is 16.3. The maximum absolute atomic E-state index is 9.47. The predicted molar refractivity (Wildman–Crippen MR) is 68.8 cm³/mol. The van der Waals surface area contributed by atoms with Crippen molar-refractivity contribution in [1.82, 2.24) is 4.98 Å². The van der Waals surface area contributed by atoms with Crippen molar-refractivity contribution in [3.63, 3.8) is 0 Å². The van der Waals surface area contributed by atoms with Gasteiger partial charge in [-0.2, -0.15) is 0 Å². The van der Waals surface area contributed by atoms with Crippen molar-refractivity contribution in [2.24, 2.45) is 0 Å². The van der Waals surface area contributed by atoms with Gasteiger partial charge in [0.1, 0.15) is 11.6 Å². The van der Waals surface area contributed by atoms with Gasteiger partial charge in [-0.15, -0.1) is 0 Å². The van der Waals surface area contributed by atoms with Gasteiger partial charge in [0.25, 0.3) is 0 Å². The Morgan fingerprint density at radius 3 is 2.82 bits per heavy atom. The van der Waals surface area contributed by atoms with E-state index < -0.39 is 0 Å². The molecule has 0 aliphatic rings. The standard InChI is InChI=1S/C13H15N3O/c1-9-3-2-4-13(16-9)15-8-10-5-6-11(14)12(17)7-10/h2-7,17H,8,14H2,1H3,(H,15,16). The van der Waals surface area contributed by atoms with Gasteiger partial charge in [-0.05, 0) is 36.8 Å². The van der Waals surface area contributed by atoms with Gasteiger partial charge in [0.15, 0.2) is 0 Å². The zero-order valence-corrected chi connectivity index (χ0v) is 9.64. The van der Waals surface area contributed by atoms with E-state index in [9.17, 15) is 5.11 Å². The maximum Gasteiger partial charge on any atom is 0.138 e. The molecule has 2 aromatic rings. The van der Waals surface area contributed by atoms with Crippen LogP contribution in [-0.2, 0) is 6.54 Å². The van der Waals surface area contributed by atoms with Crippen LogP contribution < -0.4 is 11.1 Å². The normalized spacial score (nSPS) is 10.2. The Morgan fingerprint density at radius 2 is 2.12 bits per heavy atom. The minimum Gasteiger partial charge on any atom is -0.506 e. The molecule has 2 rings (SSSR count). The van der Waals surface area contributed by atoms with Gasteiger partial charge >= 0.3 is 0 Å². The van der Waals surface area contributed by atoms with Crippen LogP contribution in [0.4, 0.5) is 11.5 Å². The summed E-state index contributed by atoms with van der Waals surface area (Å²) in [7, 11) is 0. The van der Waals surface area contributed by atoms with Crippen LogP contribution >= 0.6 is 0 Å². The summed E-state index contributed by atoms with van der Waals surface area (Å²) in [6.45, 7) is 2.55. The number of nitrogens with two attached hydrogens (primary N) is 1. The summed E-state index contributed by atoms with van der Waals surface area (Å²) in [6, 6.07) is 11.0. The molecule has 0 amide bonds. The van der Waals surface area contributed by atoms with Gasteiger partial charge in [-0.3, -0.25) is 0 Å². The summed E-state index contributed by atoms with van der Waals surface area (Å²) in [5.74, 6) is 0.933. The van der Waals surface area contributed by atoms with E-state index in [0.717, 1.165) is 17.1 Å². The van der Waals surface area contributed by atoms with Crippen molar-refractivity contribution >= 4 is 11.5 Å². The number of phenols is 1. The summed E-state index contributed by atoms with van der Waals surface area (Å²) < 4.78 is 0. The van der Waals surface area contributed by atoms with Gasteiger partial charge in [0.05, 0.1) is 5.69 Å². The van der Waals surface area contributed by atoms with Crippen molar-refractivity contribution < 1.29 is 5.11 Å². The van der Waals surface area contributed by atoms with Crippen molar-refractivity contribution in [2.45, 2.75) is 13.5 Å². The second kappa shape index (κ2) is 4.74. The topological polar surface area (TPSA) is 71.2 Å². The molecule has 4 nitrogen and oxygen atoms in total. The molecule has 0 saturated carbocycles. The number of nitrogens with one attached hydrogen (secondary N) is 1. The molecule has 0 fully saturated rings. The molecule has 0 unspecified atom stereocenters. The lowest BCUT2D eigenvalue weighted by molar-refractivity contribution is 0.477. The molecule has 0 aliphatic heterocycles. The van der Waals surface area contributed by atoms with Crippen molar-refractivity contribution in [3.8, 4) is 5.75 Å². The lowest BCUT2D eigenvalue weighted by Crippen LogP contribution is -2.02. The second-order valence-corrected chi connectivity index (χ2v) is 3.91. The van der Waals surface area contributed by atoms with Crippen LogP contribution in [0.3, 0.4) is 0 Å². The van der Waals surface area contributed by atoms with E-state index in [1.165, 1.54) is 0 Å². The van der Waals surface area contributed by atoms with Crippen LogP contribution in [0.1, 0.15) is 11.3 Å². The highest BCUT2D eigenvalue weighted by Crippen LogP contribution is 2.21. The minimum absolute atomic E-state index is 0.113. The van der Waals surface area contributed by atoms with Crippen LogP contribution in [0.5, 0.6) is 5.75 Å². The van der Waals surface area contributed by atoms with Gasteiger partial charge in [0.2, 0.25) is 0 Å². The van der Waals surface area contributed by atoms with Crippen molar-refractivity contribution in [2.75, 3.05) is 11.1 Å². The van der Waals surface area contributed by atoms with Crippen LogP contribution in [0.2, 0.25) is 0 Å². The molecule has 1 aromatic carbocycles. The molecule has 0 saturated heterocycles. The Morgan fingerprint density at radius 1 is 1.29 bits per heavy atom. The van der Waals surface area contributed by atoms with Crippen LogP contribution in [-0.4, -0.2) is 10.1 Å². The molecule has 4 heteroatoms. The average molecular weight is 229 g/mol. The van der Waals surface area contributed by atoms with Gasteiger partial charge in [0, 0.05) is 12.2 Å². The summed E-state index contributed by atoms with van der Waals surface area (Å²) >= 11 is 0. The fourth-order valence-electron chi connectivity index (χ4n) is 1.53. The number of phenolic OH excluding ortho intramolecular Hbond substituents is 1. The number of aryl methyl sites for hydroxylation is 1. The number of anilines is 2. The highest BCUT2D eigenvalue weighted by molar-refractivity contribution is 5.53. The number of nitrogens with zero attached hydrogens (tertiary/aromatic N) is 1. The van der Waals surface area contributed by atoms with Crippen LogP contribution in [0, 0.1) is 6.92 Å². The molecular formula is C13H15N3O. The summed E-state index contributed by atoms with van der Waals surface area (Å²) in [4.78, 5) is 4.33. The van der Waals surface area contributed by atoms with Gasteiger partial charge in [-0.1, -0.05) is 12.1 Å². The largest absolute Gasteiger partial charge is 0.506 e. The molecule has 0 spiro atoms. The number of rotatable bonds is 3. The Kier molecular flexibility index (Phi) is 3.14. The first-order valence-electron chi connectivity index (χ1n) is 5.40. The van der Waals surface area contributed by atoms with E-state index in [-0.39, 0.29) is 5.75 Å². The average Bonchev–Trinajstić information content (AvgIpc) is 2.31. The van der Waals surface area contributed by atoms with E-state index >= 15 is 0 Å². The number of hydrogen-bond acceptors (Lipinski definition) is 4. The molecule has 1 heterocycles. The SMILES string of the molecule is Cc1cccc(NCc2ccc(N)c(O)c2)n1. The zero-order chi connectivity index (χ0) is 12.3.